The molecular formula is C13H14ClNO3S. The van der Waals surface area contributed by atoms with Gasteiger partial charge in [0.15, 0.2) is 0 Å². The summed E-state index contributed by atoms with van der Waals surface area (Å²) in [4.78, 5) is 12.4. The lowest BCUT2D eigenvalue weighted by Crippen LogP contribution is -2.20. The second-order valence-electron chi connectivity index (χ2n) is 3.83. The Kier molecular flexibility index (Phi) is 4.63. The summed E-state index contributed by atoms with van der Waals surface area (Å²) >= 11 is 7.44. The van der Waals surface area contributed by atoms with E-state index in [2.05, 4.69) is 10.1 Å². The second kappa shape index (κ2) is 6.23. The fraction of sp³-hybridized carbons (Fsp3) is 0.308. The Balaban J connectivity index is 2.29. The fourth-order valence-electron chi connectivity index (χ4n) is 1.75. The van der Waals surface area contributed by atoms with Crippen molar-refractivity contribution in [1.29, 1.82) is 0 Å². The van der Waals surface area contributed by atoms with Crippen LogP contribution in [-0.4, -0.2) is 19.6 Å². The van der Waals surface area contributed by atoms with Crippen molar-refractivity contribution in [2.24, 2.45) is 0 Å². The molecule has 2 rings (SSSR count). The Labute approximate surface area is 120 Å². The number of methoxy groups -OCH3 is 1. The summed E-state index contributed by atoms with van der Waals surface area (Å²) < 4.78 is 10.9. The van der Waals surface area contributed by atoms with Crippen LogP contribution < -0.4 is 5.32 Å². The summed E-state index contributed by atoms with van der Waals surface area (Å²) in [7, 11) is 1.32. The van der Waals surface area contributed by atoms with Crippen molar-refractivity contribution in [3.05, 3.63) is 45.0 Å². The van der Waals surface area contributed by atoms with Crippen LogP contribution in [0.25, 0.3) is 0 Å². The molecular weight excluding hydrogens is 286 g/mol. The van der Waals surface area contributed by atoms with Gasteiger partial charge in [0.1, 0.15) is 11.8 Å². The molecule has 19 heavy (non-hydrogen) atoms. The van der Waals surface area contributed by atoms with Gasteiger partial charge in [-0.2, -0.15) is 0 Å². The number of hydrogen-bond donors (Lipinski definition) is 1. The van der Waals surface area contributed by atoms with Crippen molar-refractivity contribution >= 4 is 28.9 Å². The maximum atomic E-state index is 11.4. The molecule has 0 saturated carbocycles. The quantitative estimate of drug-likeness (QED) is 0.859. The third kappa shape index (κ3) is 3.18. The molecule has 0 radical (unpaired) electrons. The van der Waals surface area contributed by atoms with Gasteiger partial charge in [0.05, 0.1) is 11.4 Å². The van der Waals surface area contributed by atoms with Crippen molar-refractivity contribution in [3.63, 3.8) is 0 Å². The van der Waals surface area contributed by atoms with Gasteiger partial charge in [-0.25, -0.2) is 4.79 Å². The van der Waals surface area contributed by atoms with Gasteiger partial charge in [-0.1, -0.05) is 18.5 Å². The third-order valence-corrected chi connectivity index (χ3v) is 3.88. The van der Waals surface area contributed by atoms with Gasteiger partial charge in [0, 0.05) is 4.88 Å². The smallest absolute Gasteiger partial charge is 0.373 e. The number of carbonyl (C=O) groups excluding carboxylic acids is 1. The molecule has 4 nitrogen and oxygen atoms in total. The minimum Gasteiger partial charge on any atom is -0.463 e. The SMILES string of the molecule is CCNC(c1ccc(C(=O)OC)o1)c1ccc(Cl)s1. The number of ether oxygens (including phenoxy) is 1. The van der Waals surface area contributed by atoms with E-state index in [4.69, 9.17) is 16.0 Å². The fourth-order valence-corrected chi connectivity index (χ4v) is 2.89. The summed E-state index contributed by atoms with van der Waals surface area (Å²) in [5, 5.41) is 3.30. The highest BCUT2D eigenvalue weighted by Gasteiger charge is 2.21. The molecule has 0 amide bonds. The van der Waals surface area contributed by atoms with Crippen molar-refractivity contribution in [1.82, 2.24) is 5.32 Å². The molecule has 102 valence electrons. The van der Waals surface area contributed by atoms with Crippen LogP contribution in [0.5, 0.6) is 0 Å². The van der Waals surface area contributed by atoms with E-state index in [0.29, 0.717) is 5.76 Å². The highest BCUT2D eigenvalue weighted by molar-refractivity contribution is 7.16. The van der Waals surface area contributed by atoms with E-state index in [1.807, 2.05) is 19.1 Å². The summed E-state index contributed by atoms with van der Waals surface area (Å²) in [6.07, 6.45) is 0. The Morgan fingerprint density at radius 3 is 2.84 bits per heavy atom. The molecule has 0 aliphatic heterocycles. The van der Waals surface area contributed by atoms with Gasteiger partial charge in [0.2, 0.25) is 5.76 Å². The van der Waals surface area contributed by atoms with Gasteiger partial charge in [-0.05, 0) is 30.8 Å². The Morgan fingerprint density at radius 2 is 2.26 bits per heavy atom. The van der Waals surface area contributed by atoms with Gasteiger partial charge >= 0.3 is 5.97 Å². The molecule has 2 aromatic heterocycles. The predicted molar refractivity (Wildman–Crippen MR) is 74.9 cm³/mol. The van der Waals surface area contributed by atoms with E-state index in [-0.39, 0.29) is 11.8 Å². The van der Waals surface area contributed by atoms with Crippen LogP contribution in [0, 0.1) is 0 Å². The van der Waals surface area contributed by atoms with Gasteiger partial charge in [-0.15, -0.1) is 11.3 Å². The highest BCUT2D eigenvalue weighted by atomic mass is 35.5. The summed E-state index contributed by atoms with van der Waals surface area (Å²) in [6.45, 7) is 2.78. The van der Waals surface area contributed by atoms with Crippen LogP contribution in [0.2, 0.25) is 4.34 Å². The van der Waals surface area contributed by atoms with Crippen molar-refractivity contribution in [2.45, 2.75) is 13.0 Å². The zero-order valence-corrected chi connectivity index (χ0v) is 12.2. The number of rotatable bonds is 5. The first-order chi connectivity index (χ1) is 9.15. The van der Waals surface area contributed by atoms with Crippen molar-refractivity contribution in [2.75, 3.05) is 13.7 Å². The predicted octanol–water partition coefficient (Wildman–Crippen LogP) is 3.48. The summed E-state index contributed by atoms with van der Waals surface area (Å²) in [6, 6.07) is 7.06. The molecule has 0 aromatic carbocycles. The normalized spacial score (nSPS) is 12.4. The molecule has 1 unspecified atom stereocenters. The first kappa shape index (κ1) is 14.1. The largest absolute Gasteiger partial charge is 0.463 e. The number of esters is 1. The minimum absolute atomic E-state index is 0.110. The zero-order chi connectivity index (χ0) is 13.8. The van der Waals surface area contributed by atoms with Gasteiger partial charge < -0.3 is 14.5 Å². The second-order valence-corrected chi connectivity index (χ2v) is 5.57. The van der Waals surface area contributed by atoms with Crippen molar-refractivity contribution < 1.29 is 13.9 Å². The molecule has 0 spiro atoms. The van der Waals surface area contributed by atoms with E-state index in [1.165, 1.54) is 18.4 Å². The van der Waals surface area contributed by atoms with E-state index < -0.39 is 5.97 Å². The molecule has 1 N–H and O–H groups in total. The molecule has 0 fully saturated rings. The topological polar surface area (TPSA) is 51.5 Å². The number of thiophene rings is 1. The average Bonchev–Trinajstić information content (AvgIpc) is 3.04. The maximum Gasteiger partial charge on any atom is 0.373 e. The van der Waals surface area contributed by atoms with Gasteiger partial charge in [-0.3, -0.25) is 0 Å². The lowest BCUT2D eigenvalue weighted by atomic mass is 10.2. The van der Waals surface area contributed by atoms with E-state index >= 15 is 0 Å². The van der Waals surface area contributed by atoms with Crippen LogP contribution in [0.3, 0.4) is 0 Å². The molecule has 2 aromatic rings. The van der Waals surface area contributed by atoms with Crippen LogP contribution >= 0.6 is 22.9 Å². The first-order valence-corrected chi connectivity index (χ1v) is 7.01. The summed E-state index contributed by atoms with van der Waals surface area (Å²) in [5.41, 5.74) is 0. The molecule has 0 saturated heterocycles. The Bertz CT molecular complexity index is 564. The monoisotopic (exact) mass is 299 g/mol. The van der Waals surface area contributed by atoms with Gasteiger partial charge in [0.25, 0.3) is 0 Å². The average molecular weight is 300 g/mol. The highest BCUT2D eigenvalue weighted by Crippen LogP contribution is 2.31. The van der Waals surface area contributed by atoms with E-state index in [0.717, 1.165) is 15.8 Å². The van der Waals surface area contributed by atoms with Crippen LogP contribution in [0.1, 0.15) is 34.2 Å². The molecule has 1 atom stereocenters. The third-order valence-electron chi connectivity index (χ3n) is 2.58. The molecule has 0 aliphatic rings. The standard InChI is InChI=1S/C13H14ClNO3S/c1-3-15-12(10-6-7-11(14)19-10)8-4-5-9(18-8)13(16)17-2/h4-7,12,15H,3H2,1-2H3. The lowest BCUT2D eigenvalue weighted by Gasteiger charge is -2.13. The summed E-state index contributed by atoms with van der Waals surface area (Å²) in [5.74, 6) is 0.384. The van der Waals surface area contributed by atoms with E-state index in [1.54, 1.807) is 12.1 Å². The van der Waals surface area contributed by atoms with Crippen molar-refractivity contribution in [3.8, 4) is 0 Å². The Morgan fingerprint density at radius 1 is 1.47 bits per heavy atom. The number of nitrogens with one attached hydrogen (secondary N) is 1. The first-order valence-electron chi connectivity index (χ1n) is 5.82. The molecule has 2 heterocycles. The molecule has 0 bridgehead atoms. The van der Waals surface area contributed by atoms with Crippen LogP contribution in [0.15, 0.2) is 28.7 Å². The number of halogens is 1. The maximum absolute atomic E-state index is 11.4. The number of furan rings is 1. The van der Waals surface area contributed by atoms with Crippen LogP contribution in [-0.2, 0) is 4.74 Å². The van der Waals surface area contributed by atoms with E-state index in [9.17, 15) is 4.79 Å². The van der Waals surface area contributed by atoms with Crippen LogP contribution in [0.4, 0.5) is 0 Å². The Hall–Kier alpha value is -1.30. The lowest BCUT2D eigenvalue weighted by molar-refractivity contribution is 0.0562. The molecule has 6 heteroatoms. The zero-order valence-electron chi connectivity index (χ0n) is 10.6. The molecule has 0 aliphatic carbocycles. The number of carbonyl (C=O) groups is 1. The number of hydrogen-bond acceptors (Lipinski definition) is 5. The minimum atomic E-state index is -0.481.